The lowest BCUT2D eigenvalue weighted by Crippen LogP contribution is -2.00. The van der Waals surface area contributed by atoms with E-state index in [0.29, 0.717) is 17.3 Å². The summed E-state index contributed by atoms with van der Waals surface area (Å²) in [4.78, 5) is 18.0. The van der Waals surface area contributed by atoms with Gasteiger partial charge in [-0.1, -0.05) is 24.3 Å². The van der Waals surface area contributed by atoms with Gasteiger partial charge in [-0.05, 0) is 60.7 Å². The topological polar surface area (TPSA) is 72.8 Å². The first kappa shape index (κ1) is 19.4. The number of nitrogens with one attached hydrogen (secondary N) is 1. The van der Waals surface area contributed by atoms with Gasteiger partial charge in [0.2, 0.25) is 0 Å². The summed E-state index contributed by atoms with van der Waals surface area (Å²) in [6, 6.07) is 28.9. The van der Waals surface area contributed by atoms with E-state index < -0.39 is 0 Å². The molecular weight excluding hydrogens is 398 g/mol. The maximum absolute atomic E-state index is 5.87. The van der Waals surface area contributed by atoms with Gasteiger partial charge in [0.25, 0.3) is 0 Å². The quantitative estimate of drug-likeness (QED) is 0.358. The van der Waals surface area contributed by atoms with E-state index in [-0.39, 0.29) is 0 Å². The Bertz CT molecular complexity index is 1240. The SMILES string of the molecule is c1ccc(Oc2ccc(Nc3cc(-c4cccnc4)nc(-c4ccccn4)n3)cc2)cc1. The molecule has 0 aliphatic carbocycles. The van der Waals surface area contributed by atoms with Gasteiger partial charge in [-0.3, -0.25) is 9.97 Å². The zero-order valence-electron chi connectivity index (χ0n) is 17.1. The molecule has 1 N–H and O–H groups in total. The molecule has 3 heterocycles. The summed E-state index contributed by atoms with van der Waals surface area (Å²) in [5.41, 5.74) is 3.25. The van der Waals surface area contributed by atoms with Crippen LogP contribution in [0.5, 0.6) is 11.5 Å². The first-order valence-corrected chi connectivity index (χ1v) is 10.1. The molecule has 5 rings (SSSR count). The van der Waals surface area contributed by atoms with Crippen molar-refractivity contribution in [1.29, 1.82) is 0 Å². The van der Waals surface area contributed by atoms with Crippen molar-refractivity contribution < 1.29 is 4.74 Å². The van der Waals surface area contributed by atoms with Crippen molar-refractivity contribution >= 4 is 11.5 Å². The van der Waals surface area contributed by atoms with E-state index in [0.717, 1.165) is 28.4 Å². The highest BCUT2D eigenvalue weighted by Gasteiger charge is 2.10. The Morgan fingerprint density at radius 1 is 0.656 bits per heavy atom. The number of pyridine rings is 2. The second-order valence-corrected chi connectivity index (χ2v) is 6.98. The van der Waals surface area contributed by atoms with Gasteiger partial charge in [0.05, 0.1) is 5.69 Å². The highest BCUT2D eigenvalue weighted by molar-refractivity contribution is 5.68. The number of hydrogen-bond donors (Lipinski definition) is 1. The van der Waals surface area contributed by atoms with E-state index >= 15 is 0 Å². The average Bonchev–Trinajstić information content (AvgIpc) is 2.87. The van der Waals surface area contributed by atoms with Gasteiger partial charge in [-0.2, -0.15) is 0 Å². The van der Waals surface area contributed by atoms with Crippen LogP contribution >= 0.6 is 0 Å². The zero-order valence-corrected chi connectivity index (χ0v) is 17.1. The Morgan fingerprint density at radius 2 is 1.47 bits per heavy atom. The number of rotatable bonds is 6. The molecule has 0 radical (unpaired) electrons. The molecule has 5 aromatic rings. The minimum absolute atomic E-state index is 0.540. The predicted octanol–water partition coefficient (Wildman–Crippen LogP) is 6.14. The standard InChI is InChI=1S/C26H19N5O/c1-2-8-21(9-3-1)32-22-13-11-20(12-14-22)29-25-17-24(19-7-6-15-27-18-19)30-26(31-25)23-10-4-5-16-28-23/h1-18H,(H,29,30,31). The van der Waals surface area contributed by atoms with Crippen LogP contribution in [-0.4, -0.2) is 19.9 Å². The van der Waals surface area contributed by atoms with Crippen molar-refractivity contribution in [2.45, 2.75) is 0 Å². The monoisotopic (exact) mass is 417 g/mol. The zero-order chi connectivity index (χ0) is 21.6. The maximum Gasteiger partial charge on any atom is 0.180 e. The maximum atomic E-state index is 5.87. The molecule has 3 aromatic heterocycles. The van der Waals surface area contributed by atoms with E-state index in [1.807, 2.05) is 91.0 Å². The van der Waals surface area contributed by atoms with Gasteiger partial charge in [0.1, 0.15) is 23.0 Å². The van der Waals surface area contributed by atoms with Crippen LogP contribution < -0.4 is 10.1 Å². The number of hydrogen-bond acceptors (Lipinski definition) is 6. The number of ether oxygens (including phenoxy) is 1. The lowest BCUT2D eigenvalue weighted by Gasteiger charge is -2.11. The van der Waals surface area contributed by atoms with Crippen molar-refractivity contribution in [3.8, 4) is 34.3 Å². The predicted molar refractivity (Wildman–Crippen MR) is 125 cm³/mol. The van der Waals surface area contributed by atoms with Crippen LogP contribution in [0.4, 0.5) is 11.5 Å². The summed E-state index contributed by atoms with van der Waals surface area (Å²) in [5, 5.41) is 3.36. The Hall–Kier alpha value is -4.58. The van der Waals surface area contributed by atoms with Crippen LogP contribution in [-0.2, 0) is 0 Å². The van der Waals surface area contributed by atoms with Gasteiger partial charge >= 0.3 is 0 Å². The fraction of sp³-hybridized carbons (Fsp3) is 0. The highest BCUT2D eigenvalue weighted by Crippen LogP contribution is 2.27. The fourth-order valence-corrected chi connectivity index (χ4v) is 3.16. The normalized spacial score (nSPS) is 10.5. The molecular formula is C26H19N5O. The number of para-hydroxylation sites is 1. The smallest absolute Gasteiger partial charge is 0.180 e. The number of anilines is 2. The lowest BCUT2D eigenvalue weighted by molar-refractivity contribution is 0.483. The van der Waals surface area contributed by atoms with Gasteiger partial charge in [-0.25, -0.2) is 9.97 Å². The molecule has 0 saturated heterocycles. The molecule has 6 heteroatoms. The van der Waals surface area contributed by atoms with Gasteiger partial charge in [0, 0.05) is 35.9 Å². The molecule has 6 nitrogen and oxygen atoms in total. The highest BCUT2D eigenvalue weighted by atomic mass is 16.5. The Kier molecular flexibility index (Phi) is 5.49. The number of benzene rings is 2. The van der Waals surface area contributed by atoms with Crippen molar-refractivity contribution in [2.75, 3.05) is 5.32 Å². The molecule has 0 bridgehead atoms. The molecule has 0 atom stereocenters. The first-order chi connectivity index (χ1) is 15.8. The first-order valence-electron chi connectivity index (χ1n) is 10.1. The molecule has 0 saturated carbocycles. The number of aromatic nitrogens is 4. The summed E-state index contributed by atoms with van der Waals surface area (Å²) in [5.74, 6) is 2.76. The summed E-state index contributed by atoms with van der Waals surface area (Å²) in [6.07, 6.45) is 5.25. The van der Waals surface area contributed by atoms with E-state index in [1.165, 1.54) is 0 Å². The molecule has 0 aliphatic heterocycles. The summed E-state index contributed by atoms with van der Waals surface area (Å²) in [6.45, 7) is 0. The van der Waals surface area contributed by atoms with Gasteiger partial charge in [-0.15, -0.1) is 0 Å². The van der Waals surface area contributed by atoms with Crippen molar-refractivity contribution in [2.24, 2.45) is 0 Å². The average molecular weight is 417 g/mol. The van der Waals surface area contributed by atoms with E-state index in [2.05, 4.69) is 20.3 Å². The molecule has 32 heavy (non-hydrogen) atoms. The summed E-state index contributed by atoms with van der Waals surface area (Å²) in [7, 11) is 0. The minimum atomic E-state index is 0.540. The van der Waals surface area contributed by atoms with Crippen LogP contribution in [0.3, 0.4) is 0 Å². The largest absolute Gasteiger partial charge is 0.457 e. The van der Waals surface area contributed by atoms with Crippen LogP contribution in [0, 0.1) is 0 Å². The fourth-order valence-electron chi connectivity index (χ4n) is 3.16. The van der Waals surface area contributed by atoms with Crippen molar-refractivity contribution in [3.63, 3.8) is 0 Å². The summed E-state index contributed by atoms with van der Waals surface area (Å²) >= 11 is 0. The Labute approximate surface area is 185 Å². The molecule has 0 amide bonds. The van der Waals surface area contributed by atoms with E-state index in [4.69, 9.17) is 9.72 Å². The van der Waals surface area contributed by atoms with Crippen LogP contribution in [0.15, 0.2) is 110 Å². The second kappa shape index (κ2) is 9.06. The third kappa shape index (κ3) is 4.60. The van der Waals surface area contributed by atoms with Crippen LogP contribution in [0.1, 0.15) is 0 Å². The second-order valence-electron chi connectivity index (χ2n) is 6.98. The van der Waals surface area contributed by atoms with Gasteiger partial charge in [0.15, 0.2) is 5.82 Å². The molecule has 154 valence electrons. The molecule has 0 spiro atoms. The summed E-state index contributed by atoms with van der Waals surface area (Å²) < 4.78 is 5.87. The molecule has 0 fully saturated rings. The van der Waals surface area contributed by atoms with E-state index in [1.54, 1.807) is 18.6 Å². The molecule has 0 aliphatic rings. The number of nitrogens with zero attached hydrogens (tertiary/aromatic N) is 4. The van der Waals surface area contributed by atoms with Crippen LogP contribution in [0.2, 0.25) is 0 Å². The van der Waals surface area contributed by atoms with Crippen LogP contribution in [0.25, 0.3) is 22.8 Å². The third-order valence-corrected chi connectivity index (χ3v) is 4.68. The minimum Gasteiger partial charge on any atom is -0.457 e. The van der Waals surface area contributed by atoms with Gasteiger partial charge < -0.3 is 10.1 Å². The van der Waals surface area contributed by atoms with Crippen molar-refractivity contribution in [3.05, 3.63) is 110 Å². The van der Waals surface area contributed by atoms with E-state index in [9.17, 15) is 0 Å². The lowest BCUT2D eigenvalue weighted by atomic mass is 10.2. The molecule has 0 unspecified atom stereocenters. The molecule has 2 aromatic carbocycles. The van der Waals surface area contributed by atoms with Crippen molar-refractivity contribution in [1.82, 2.24) is 19.9 Å². The Balaban J connectivity index is 1.43. The Morgan fingerprint density at radius 3 is 2.22 bits per heavy atom. The third-order valence-electron chi connectivity index (χ3n) is 4.68.